The van der Waals surface area contributed by atoms with Gasteiger partial charge in [-0.15, -0.1) is 0 Å². The number of fused-ring (bicyclic) bond motifs is 1. The van der Waals surface area contributed by atoms with Gasteiger partial charge in [0.1, 0.15) is 5.65 Å². The van der Waals surface area contributed by atoms with Gasteiger partial charge in [-0.25, -0.2) is 9.37 Å². The Morgan fingerprint density at radius 3 is 2.72 bits per heavy atom. The number of carbonyl (C=O) groups excluding carboxylic acids is 1. The Bertz CT molecular complexity index is 1290. The number of amides is 1. The first-order chi connectivity index (χ1) is 15.7. The lowest BCUT2D eigenvalue weighted by Crippen LogP contribution is -2.40. The number of aromatic nitrogens is 2. The van der Waals surface area contributed by atoms with Crippen molar-refractivity contribution in [3.8, 4) is 28.0 Å². The molecule has 0 bridgehead atoms. The molecular formula is C25H22FN3O3. The van der Waals surface area contributed by atoms with Crippen LogP contribution in [0.5, 0.6) is 5.75 Å². The number of ether oxygens (including phenoxy) is 2. The van der Waals surface area contributed by atoms with E-state index in [9.17, 15) is 9.18 Å². The molecule has 3 heterocycles. The zero-order valence-corrected chi connectivity index (χ0v) is 17.6. The molecule has 1 saturated heterocycles. The summed E-state index contributed by atoms with van der Waals surface area (Å²) in [5.74, 6) is -0.236. The summed E-state index contributed by atoms with van der Waals surface area (Å²) in [6, 6.07) is 14.5. The van der Waals surface area contributed by atoms with E-state index in [-0.39, 0.29) is 11.7 Å². The average molecular weight is 431 g/mol. The van der Waals surface area contributed by atoms with Crippen molar-refractivity contribution in [1.82, 2.24) is 14.9 Å². The number of rotatable bonds is 4. The summed E-state index contributed by atoms with van der Waals surface area (Å²) in [5, 5.41) is 0.791. The average Bonchev–Trinajstić information content (AvgIpc) is 3.27. The normalized spacial score (nSPS) is 14.0. The summed E-state index contributed by atoms with van der Waals surface area (Å²) in [7, 11) is 1.45. The van der Waals surface area contributed by atoms with Crippen LogP contribution in [0.2, 0.25) is 0 Å². The molecule has 1 fully saturated rings. The highest BCUT2D eigenvalue weighted by molar-refractivity contribution is 5.98. The molecule has 1 N–H and O–H groups in total. The molecule has 2 aromatic heterocycles. The molecule has 2 aromatic carbocycles. The first kappa shape index (κ1) is 20.2. The largest absolute Gasteiger partial charge is 0.494 e. The number of carbonyl (C=O) groups is 1. The summed E-state index contributed by atoms with van der Waals surface area (Å²) >= 11 is 0. The maximum absolute atomic E-state index is 14.9. The van der Waals surface area contributed by atoms with Crippen molar-refractivity contribution in [1.29, 1.82) is 0 Å². The van der Waals surface area contributed by atoms with Gasteiger partial charge in [0.2, 0.25) is 0 Å². The fourth-order valence-corrected chi connectivity index (χ4v) is 4.04. The maximum atomic E-state index is 14.9. The molecule has 1 amide bonds. The number of nitrogens with one attached hydrogen (secondary N) is 1. The number of hydrogen-bond donors (Lipinski definition) is 1. The van der Waals surface area contributed by atoms with Crippen molar-refractivity contribution in [2.45, 2.75) is 0 Å². The molecule has 0 atom stereocenters. The van der Waals surface area contributed by atoms with Crippen molar-refractivity contribution in [3.63, 3.8) is 0 Å². The Morgan fingerprint density at radius 2 is 1.91 bits per heavy atom. The van der Waals surface area contributed by atoms with Crippen LogP contribution in [0.25, 0.3) is 33.3 Å². The quantitative estimate of drug-likeness (QED) is 0.516. The summed E-state index contributed by atoms with van der Waals surface area (Å²) in [6.07, 6.45) is 3.50. The number of H-pyrrole nitrogens is 1. The van der Waals surface area contributed by atoms with E-state index >= 15 is 0 Å². The third kappa shape index (κ3) is 3.61. The fraction of sp³-hybridized carbons (Fsp3) is 0.200. The van der Waals surface area contributed by atoms with E-state index in [4.69, 9.17) is 9.47 Å². The van der Waals surface area contributed by atoms with Crippen molar-refractivity contribution >= 4 is 16.9 Å². The fourth-order valence-electron chi connectivity index (χ4n) is 4.04. The number of pyridine rings is 1. The number of methoxy groups -OCH3 is 1. The minimum atomic E-state index is -0.417. The second kappa shape index (κ2) is 8.43. The van der Waals surface area contributed by atoms with Crippen LogP contribution in [0, 0.1) is 5.82 Å². The molecule has 1 aliphatic heterocycles. The summed E-state index contributed by atoms with van der Waals surface area (Å²) < 4.78 is 25.4. The molecule has 6 nitrogen and oxygen atoms in total. The number of halogens is 1. The van der Waals surface area contributed by atoms with E-state index in [1.807, 2.05) is 30.3 Å². The molecule has 0 saturated carbocycles. The van der Waals surface area contributed by atoms with Crippen LogP contribution in [0.15, 0.2) is 60.9 Å². The molecule has 0 unspecified atom stereocenters. The van der Waals surface area contributed by atoms with Crippen molar-refractivity contribution < 1.29 is 18.7 Å². The lowest BCUT2D eigenvalue weighted by atomic mass is 10.0. The number of hydrogen-bond acceptors (Lipinski definition) is 4. The first-order valence-corrected chi connectivity index (χ1v) is 10.4. The number of morpholine rings is 1. The minimum Gasteiger partial charge on any atom is -0.494 e. The van der Waals surface area contributed by atoms with E-state index in [1.165, 1.54) is 7.11 Å². The van der Waals surface area contributed by atoms with E-state index < -0.39 is 5.82 Å². The molecule has 0 aliphatic carbocycles. The highest BCUT2D eigenvalue weighted by Crippen LogP contribution is 2.35. The third-order valence-corrected chi connectivity index (χ3v) is 5.75. The van der Waals surface area contributed by atoms with E-state index in [0.717, 1.165) is 16.5 Å². The van der Waals surface area contributed by atoms with E-state index in [0.29, 0.717) is 48.6 Å². The number of aromatic amines is 1. The van der Waals surface area contributed by atoms with Gasteiger partial charge in [-0.3, -0.25) is 4.79 Å². The second-order valence-corrected chi connectivity index (χ2v) is 7.63. The number of benzene rings is 2. The lowest BCUT2D eigenvalue weighted by Gasteiger charge is -2.27. The molecule has 4 aromatic rings. The van der Waals surface area contributed by atoms with Gasteiger partial charge in [0.15, 0.2) is 11.6 Å². The Hall–Kier alpha value is -3.71. The minimum absolute atomic E-state index is 0.00928. The van der Waals surface area contributed by atoms with Crippen LogP contribution in [0.1, 0.15) is 10.4 Å². The topological polar surface area (TPSA) is 67.5 Å². The van der Waals surface area contributed by atoms with Crippen LogP contribution < -0.4 is 4.74 Å². The SMILES string of the molecule is COc1cccc(-c2c[nH]c3ncc(-c4cccc(C(=O)N5CCOCC5)c4)cc23)c1F. The Labute approximate surface area is 184 Å². The molecule has 162 valence electrons. The van der Waals surface area contributed by atoms with Gasteiger partial charge in [-0.2, -0.15) is 0 Å². The molecule has 0 spiro atoms. The van der Waals surface area contributed by atoms with Gasteiger partial charge >= 0.3 is 0 Å². The molecular weight excluding hydrogens is 409 g/mol. The zero-order chi connectivity index (χ0) is 22.1. The van der Waals surface area contributed by atoms with E-state index in [1.54, 1.807) is 35.5 Å². The van der Waals surface area contributed by atoms with Crippen molar-refractivity contribution in [2.75, 3.05) is 33.4 Å². The van der Waals surface area contributed by atoms with Gasteiger partial charge in [-0.1, -0.05) is 24.3 Å². The van der Waals surface area contributed by atoms with E-state index in [2.05, 4.69) is 9.97 Å². The molecule has 1 aliphatic rings. The van der Waals surface area contributed by atoms with Crippen LogP contribution in [-0.4, -0.2) is 54.2 Å². The zero-order valence-electron chi connectivity index (χ0n) is 17.6. The van der Waals surface area contributed by atoms with Crippen LogP contribution in [-0.2, 0) is 4.74 Å². The lowest BCUT2D eigenvalue weighted by molar-refractivity contribution is 0.0303. The monoisotopic (exact) mass is 431 g/mol. The Balaban J connectivity index is 1.54. The number of nitrogens with zero attached hydrogens (tertiary/aromatic N) is 2. The van der Waals surface area contributed by atoms with Gasteiger partial charge < -0.3 is 19.4 Å². The highest BCUT2D eigenvalue weighted by atomic mass is 19.1. The smallest absolute Gasteiger partial charge is 0.254 e. The van der Waals surface area contributed by atoms with Crippen LogP contribution >= 0.6 is 0 Å². The third-order valence-electron chi connectivity index (χ3n) is 5.75. The molecule has 7 heteroatoms. The van der Waals surface area contributed by atoms with Gasteiger partial charge in [0, 0.05) is 53.1 Å². The second-order valence-electron chi connectivity index (χ2n) is 7.63. The Kier molecular flexibility index (Phi) is 5.33. The Morgan fingerprint density at radius 1 is 1.09 bits per heavy atom. The molecule has 0 radical (unpaired) electrons. The summed E-state index contributed by atoms with van der Waals surface area (Å²) in [5.41, 5.74) is 4.14. The van der Waals surface area contributed by atoms with Crippen molar-refractivity contribution in [3.05, 3.63) is 72.3 Å². The van der Waals surface area contributed by atoms with Crippen molar-refractivity contribution in [2.24, 2.45) is 0 Å². The standard InChI is InChI=1S/C25H22FN3O3/c1-31-22-7-3-6-19(23(22)26)21-15-28-24-20(21)13-18(14-27-24)16-4-2-5-17(12-16)25(30)29-8-10-32-11-9-29/h2-7,12-15H,8-11H2,1H3,(H,27,28). The maximum Gasteiger partial charge on any atom is 0.254 e. The summed E-state index contributed by atoms with van der Waals surface area (Å²) in [4.78, 5) is 22.3. The molecule has 5 rings (SSSR count). The molecule has 32 heavy (non-hydrogen) atoms. The predicted octanol–water partition coefficient (Wildman–Crippen LogP) is 4.52. The van der Waals surface area contributed by atoms with Crippen LogP contribution in [0.3, 0.4) is 0 Å². The van der Waals surface area contributed by atoms with Gasteiger partial charge in [-0.05, 0) is 29.8 Å². The highest BCUT2D eigenvalue weighted by Gasteiger charge is 2.19. The predicted molar refractivity (Wildman–Crippen MR) is 120 cm³/mol. The summed E-state index contributed by atoms with van der Waals surface area (Å²) in [6.45, 7) is 2.30. The first-order valence-electron chi connectivity index (χ1n) is 10.4. The van der Waals surface area contributed by atoms with Crippen LogP contribution in [0.4, 0.5) is 4.39 Å². The van der Waals surface area contributed by atoms with Gasteiger partial charge in [0.25, 0.3) is 5.91 Å². The van der Waals surface area contributed by atoms with Gasteiger partial charge in [0.05, 0.1) is 20.3 Å².